The molecule has 0 spiro atoms. The summed E-state index contributed by atoms with van der Waals surface area (Å²) in [4.78, 5) is 18.6. The average molecular weight is 364 g/mol. The Labute approximate surface area is 146 Å². The highest BCUT2D eigenvalue weighted by Crippen LogP contribution is 2.30. The van der Waals surface area contributed by atoms with Crippen LogP contribution in [-0.2, 0) is 9.84 Å². The maximum atomic E-state index is 12.6. The highest BCUT2D eigenvalue weighted by atomic mass is 32.2. The van der Waals surface area contributed by atoms with E-state index in [0.29, 0.717) is 15.6 Å². The zero-order valence-corrected chi connectivity index (χ0v) is 15.4. The highest BCUT2D eigenvalue weighted by molar-refractivity contribution is 7.92. The number of aromatic nitrogens is 1. The van der Waals surface area contributed by atoms with E-state index in [1.807, 2.05) is 12.3 Å². The smallest absolute Gasteiger partial charge is 0.259 e. The van der Waals surface area contributed by atoms with E-state index in [4.69, 9.17) is 0 Å². The molecule has 1 aliphatic carbocycles. The second kappa shape index (κ2) is 6.64. The predicted octanol–water partition coefficient (Wildman–Crippen LogP) is 3.44. The van der Waals surface area contributed by atoms with E-state index in [-0.39, 0.29) is 11.2 Å². The fourth-order valence-electron chi connectivity index (χ4n) is 2.95. The van der Waals surface area contributed by atoms with Crippen molar-refractivity contribution < 1.29 is 13.2 Å². The molecule has 1 saturated carbocycles. The molecule has 5 nitrogen and oxygen atoms in total. The first-order valence-electron chi connectivity index (χ1n) is 7.94. The SMILES string of the molecule is Cc1csc(N(C)C(=O)c2ccc(S(=O)(=O)C3CCCC3)cc2)n1. The lowest BCUT2D eigenvalue weighted by Crippen LogP contribution is -2.26. The number of aryl methyl sites for hydroxylation is 1. The van der Waals surface area contributed by atoms with Gasteiger partial charge in [-0.3, -0.25) is 9.69 Å². The maximum Gasteiger partial charge on any atom is 0.259 e. The molecule has 1 aromatic carbocycles. The minimum absolute atomic E-state index is 0.200. The summed E-state index contributed by atoms with van der Waals surface area (Å²) in [6, 6.07) is 6.26. The summed E-state index contributed by atoms with van der Waals surface area (Å²) in [6.07, 6.45) is 3.40. The summed E-state index contributed by atoms with van der Waals surface area (Å²) in [5.74, 6) is -0.200. The van der Waals surface area contributed by atoms with Crippen molar-refractivity contribution in [3.8, 4) is 0 Å². The quantitative estimate of drug-likeness (QED) is 0.833. The van der Waals surface area contributed by atoms with Crippen LogP contribution in [0.2, 0.25) is 0 Å². The molecule has 3 rings (SSSR count). The molecule has 1 aliphatic rings. The van der Waals surface area contributed by atoms with Gasteiger partial charge in [0.25, 0.3) is 5.91 Å². The van der Waals surface area contributed by atoms with Crippen LogP contribution in [0.4, 0.5) is 5.13 Å². The van der Waals surface area contributed by atoms with Crippen molar-refractivity contribution in [1.82, 2.24) is 4.98 Å². The van der Waals surface area contributed by atoms with Crippen molar-refractivity contribution in [2.45, 2.75) is 42.8 Å². The first kappa shape index (κ1) is 17.1. The molecule has 24 heavy (non-hydrogen) atoms. The average Bonchev–Trinajstić information content (AvgIpc) is 3.25. The molecule has 0 radical (unpaired) electrons. The van der Waals surface area contributed by atoms with Gasteiger partial charge in [-0.25, -0.2) is 13.4 Å². The Morgan fingerprint density at radius 2 is 1.83 bits per heavy atom. The van der Waals surface area contributed by atoms with Crippen LogP contribution in [0, 0.1) is 6.92 Å². The predicted molar refractivity (Wildman–Crippen MR) is 95.5 cm³/mol. The van der Waals surface area contributed by atoms with Gasteiger partial charge in [0.1, 0.15) is 0 Å². The Morgan fingerprint density at radius 3 is 2.38 bits per heavy atom. The zero-order valence-electron chi connectivity index (χ0n) is 13.7. The molecule has 0 N–H and O–H groups in total. The van der Waals surface area contributed by atoms with Crippen molar-refractivity contribution in [1.29, 1.82) is 0 Å². The third kappa shape index (κ3) is 3.23. The van der Waals surface area contributed by atoms with E-state index in [0.717, 1.165) is 31.4 Å². The minimum atomic E-state index is -3.29. The lowest BCUT2D eigenvalue weighted by Gasteiger charge is -2.15. The topological polar surface area (TPSA) is 67.3 Å². The van der Waals surface area contributed by atoms with Gasteiger partial charge in [-0.1, -0.05) is 12.8 Å². The normalized spacial score (nSPS) is 15.6. The van der Waals surface area contributed by atoms with Gasteiger partial charge >= 0.3 is 0 Å². The van der Waals surface area contributed by atoms with Crippen LogP contribution < -0.4 is 4.90 Å². The van der Waals surface area contributed by atoms with E-state index in [9.17, 15) is 13.2 Å². The fourth-order valence-corrected chi connectivity index (χ4v) is 5.58. The number of hydrogen-bond donors (Lipinski definition) is 0. The van der Waals surface area contributed by atoms with Crippen LogP contribution >= 0.6 is 11.3 Å². The van der Waals surface area contributed by atoms with Gasteiger partial charge < -0.3 is 0 Å². The summed E-state index contributed by atoms with van der Waals surface area (Å²) in [7, 11) is -1.62. The Hall–Kier alpha value is -1.73. The van der Waals surface area contributed by atoms with E-state index >= 15 is 0 Å². The molecule has 1 amide bonds. The number of thiazole rings is 1. The van der Waals surface area contributed by atoms with Gasteiger partial charge in [-0.15, -0.1) is 11.3 Å². The molecular formula is C17H20N2O3S2. The van der Waals surface area contributed by atoms with Crippen LogP contribution in [0.1, 0.15) is 41.7 Å². The molecular weight excluding hydrogens is 344 g/mol. The standard InChI is InChI=1S/C17H20N2O3S2/c1-12-11-23-17(18-12)19(2)16(20)13-7-9-15(10-8-13)24(21,22)14-5-3-4-6-14/h7-11,14H,3-6H2,1-2H3. The van der Waals surface area contributed by atoms with Gasteiger partial charge in [-0.05, 0) is 44.0 Å². The molecule has 128 valence electrons. The van der Waals surface area contributed by atoms with Gasteiger partial charge in [0.05, 0.1) is 15.8 Å². The summed E-state index contributed by atoms with van der Waals surface area (Å²) in [6.45, 7) is 1.88. The Morgan fingerprint density at radius 1 is 1.21 bits per heavy atom. The maximum absolute atomic E-state index is 12.6. The number of hydrogen-bond acceptors (Lipinski definition) is 5. The molecule has 7 heteroatoms. The molecule has 0 unspecified atom stereocenters. The van der Waals surface area contributed by atoms with E-state index in [1.165, 1.54) is 16.2 Å². The molecule has 0 atom stereocenters. The van der Waals surface area contributed by atoms with Crippen molar-refractivity contribution in [3.05, 3.63) is 40.9 Å². The van der Waals surface area contributed by atoms with Crippen LogP contribution in [0.25, 0.3) is 0 Å². The van der Waals surface area contributed by atoms with E-state index < -0.39 is 9.84 Å². The number of sulfone groups is 1. The first-order chi connectivity index (χ1) is 11.4. The summed E-state index contributed by atoms with van der Waals surface area (Å²) in [5.41, 5.74) is 1.32. The number of anilines is 1. The molecule has 1 heterocycles. The number of nitrogens with zero attached hydrogens (tertiary/aromatic N) is 2. The molecule has 1 aromatic heterocycles. The van der Waals surface area contributed by atoms with Gasteiger partial charge in [0, 0.05) is 18.0 Å². The van der Waals surface area contributed by atoms with Crippen LogP contribution in [0.3, 0.4) is 0 Å². The van der Waals surface area contributed by atoms with Crippen molar-refractivity contribution in [3.63, 3.8) is 0 Å². The summed E-state index contributed by atoms with van der Waals surface area (Å²) in [5, 5.41) is 2.23. The zero-order chi connectivity index (χ0) is 17.3. The van der Waals surface area contributed by atoms with Gasteiger partial charge in [-0.2, -0.15) is 0 Å². The number of benzene rings is 1. The van der Waals surface area contributed by atoms with Gasteiger partial charge in [0.2, 0.25) is 0 Å². The van der Waals surface area contributed by atoms with E-state index in [1.54, 1.807) is 31.3 Å². The first-order valence-corrected chi connectivity index (χ1v) is 10.4. The number of carbonyl (C=O) groups excluding carboxylic acids is 1. The molecule has 0 saturated heterocycles. The third-order valence-corrected chi connectivity index (χ3v) is 7.68. The largest absolute Gasteiger partial charge is 0.287 e. The third-order valence-electron chi connectivity index (χ3n) is 4.37. The molecule has 0 bridgehead atoms. The monoisotopic (exact) mass is 364 g/mol. The van der Waals surface area contributed by atoms with Crippen molar-refractivity contribution in [2.75, 3.05) is 11.9 Å². The van der Waals surface area contributed by atoms with Crippen molar-refractivity contribution >= 4 is 32.2 Å². The Bertz CT molecular complexity index is 835. The number of carbonyl (C=O) groups is 1. The van der Waals surface area contributed by atoms with Crippen LogP contribution in [0.5, 0.6) is 0 Å². The van der Waals surface area contributed by atoms with Crippen LogP contribution in [0.15, 0.2) is 34.5 Å². The fraction of sp³-hybridized carbons (Fsp3) is 0.412. The highest BCUT2D eigenvalue weighted by Gasteiger charge is 2.30. The van der Waals surface area contributed by atoms with Crippen molar-refractivity contribution in [2.24, 2.45) is 0 Å². The lowest BCUT2D eigenvalue weighted by atomic mass is 10.2. The molecule has 2 aromatic rings. The number of amides is 1. The Balaban J connectivity index is 1.80. The minimum Gasteiger partial charge on any atom is -0.287 e. The summed E-state index contributed by atoms with van der Waals surface area (Å²) < 4.78 is 25.1. The molecule has 0 aliphatic heterocycles. The number of rotatable bonds is 4. The van der Waals surface area contributed by atoms with Crippen LogP contribution in [-0.4, -0.2) is 31.6 Å². The second-order valence-electron chi connectivity index (χ2n) is 6.11. The van der Waals surface area contributed by atoms with Gasteiger partial charge in [0.15, 0.2) is 15.0 Å². The summed E-state index contributed by atoms with van der Waals surface area (Å²) >= 11 is 1.40. The van der Waals surface area contributed by atoms with E-state index in [2.05, 4.69) is 4.98 Å². The Kier molecular flexibility index (Phi) is 4.73. The molecule has 1 fully saturated rings. The second-order valence-corrected chi connectivity index (χ2v) is 9.18. The lowest BCUT2D eigenvalue weighted by molar-refractivity contribution is 0.0993.